The third-order valence-electron chi connectivity index (χ3n) is 5.23. The molecule has 2 heterocycles. The number of urea groups is 1. The van der Waals surface area contributed by atoms with Crippen LogP contribution in [0.4, 0.5) is 16.2 Å². The van der Waals surface area contributed by atoms with Crippen molar-refractivity contribution in [1.82, 2.24) is 9.38 Å². The van der Waals surface area contributed by atoms with E-state index in [4.69, 9.17) is 9.47 Å². The fourth-order valence-electron chi connectivity index (χ4n) is 3.50. The molecule has 0 aliphatic carbocycles. The van der Waals surface area contributed by atoms with Crippen LogP contribution < -0.4 is 20.9 Å². The van der Waals surface area contributed by atoms with E-state index in [1.165, 1.54) is 10.5 Å². The van der Waals surface area contributed by atoms with Gasteiger partial charge in [-0.1, -0.05) is 18.2 Å². The minimum Gasteiger partial charge on any atom is -0.487 e. The van der Waals surface area contributed by atoms with Gasteiger partial charge in [0.2, 0.25) is 0 Å². The lowest BCUT2D eigenvalue weighted by Crippen LogP contribution is -2.19. The van der Waals surface area contributed by atoms with Gasteiger partial charge in [0.1, 0.15) is 18.0 Å². The smallest absolute Gasteiger partial charge is 0.323 e. The summed E-state index contributed by atoms with van der Waals surface area (Å²) >= 11 is 0. The van der Waals surface area contributed by atoms with Crippen molar-refractivity contribution in [3.05, 3.63) is 100 Å². The van der Waals surface area contributed by atoms with Crippen LogP contribution in [-0.4, -0.2) is 28.0 Å². The van der Waals surface area contributed by atoms with Gasteiger partial charge in [0.05, 0.1) is 18.7 Å². The summed E-state index contributed by atoms with van der Waals surface area (Å²) in [7, 11) is 0. The lowest BCUT2D eigenvalue weighted by Gasteiger charge is -2.10. The first-order chi connectivity index (χ1) is 17.4. The molecule has 4 rings (SSSR count). The zero-order chi connectivity index (χ0) is 25.5. The molecule has 36 heavy (non-hydrogen) atoms. The predicted octanol–water partition coefficient (Wildman–Crippen LogP) is 4.33. The number of nitrogens with one attached hydrogen (secondary N) is 2. The molecule has 0 aliphatic rings. The second-order valence-electron chi connectivity index (χ2n) is 8.09. The predicted molar refractivity (Wildman–Crippen MR) is 136 cm³/mol. The van der Waals surface area contributed by atoms with Crippen molar-refractivity contribution < 1.29 is 19.1 Å². The maximum atomic E-state index is 12.3. The van der Waals surface area contributed by atoms with Crippen molar-refractivity contribution in [2.45, 2.75) is 26.9 Å². The highest BCUT2D eigenvalue weighted by molar-refractivity contribution is 5.99. The highest BCUT2D eigenvalue weighted by atomic mass is 16.5. The molecule has 0 saturated carbocycles. The van der Waals surface area contributed by atoms with E-state index < -0.39 is 6.03 Å². The molecule has 9 heteroatoms. The van der Waals surface area contributed by atoms with Gasteiger partial charge < -0.3 is 20.1 Å². The van der Waals surface area contributed by atoms with Gasteiger partial charge in [-0.2, -0.15) is 0 Å². The molecular formula is C27H26N4O5. The van der Waals surface area contributed by atoms with E-state index >= 15 is 0 Å². The standard InChI is InChI=1S/C27H26N4O5/c1-3-35-26(33)14-19-5-7-20(8-6-19)29-27(34)30-21-9-11-23(12-10-21)36-17-22-15-25(32)31-16-18(2)4-13-24(31)28-22/h4-13,15-16H,3,14,17H2,1-2H3,(H2,29,30,34). The summed E-state index contributed by atoms with van der Waals surface area (Å²) in [5.41, 5.74) is 3.87. The number of carbonyl (C=O) groups is 2. The van der Waals surface area contributed by atoms with Crippen LogP contribution in [0.3, 0.4) is 0 Å². The monoisotopic (exact) mass is 486 g/mol. The molecule has 0 atom stereocenters. The third-order valence-corrected chi connectivity index (χ3v) is 5.23. The summed E-state index contributed by atoms with van der Waals surface area (Å²) in [5, 5.41) is 5.49. The number of carbonyl (C=O) groups excluding carboxylic acids is 2. The van der Waals surface area contributed by atoms with Gasteiger partial charge in [0.25, 0.3) is 5.56 Å². The number of ether oxygens (including phenoxy) is 2. The molecule has 2 aromatic carbocycles. The van der Waals surface area contributed by atoms with Crippen molar-refractivity contribution in [2.75, 3.05) is 17.2 Å². The van der Waals surface area contributed by atoms with E-state index in [1.54, 1.807) is 67.7 Å². The van der Waals surface area contributed by atoms with Crippen LogP contribution in [0, 0.1) is 6.92 Å². The maximum absolute atomic E-state index is 12.3. The SMILES string of the molecule is CCOC(=O)Cc1ccc(NC(=O)Nc2ccc(OCc3cc(=O)n4cc(C)ccc4n3)cc2)cc1. The van der Waals surface area contributed by atoms with E-state index in [-0.39, 0.29) is 24.6 Å². The van der Waals surface area contributed by atoms with Crippen LogP contribution in [-0.2, 0) is 22.6 Å². The molecule has 2 N–H and O–H groups in total. The number of aromatic nitrogens is 2. The molecule has 2 amide bonds. The van der Waals surface area contributed by atoms with Crippen molar-refractivity contribution in [1.29, 1.82) is 0 Å². The van der Waals surface area contributed by atoms with Gasteiger partial charge in [-0.3, -0.25) is 14.0 Å². The van der Waals surface area contributed by atoms with Gasteiger partial charge >= 0.3 is 12.0 Å². The van der Waals surface area contributed by atoms with Crippen LogP contribution in [0.25, 0.3) is 5.65 Å². The maximum Gasteiger partial charge on any atom is 0.323 e. The van der Waals surface area contributed by atoms with Crippen LogP contribution in [0.2, 0.25) is 0 Å². The van der Waals surface area contributed by atoms with Crippen molar-refractivity contribution in [3.63, 3.8) is 0 Å². The normalized spacial score (nSPS) is 10.6. The molecular weight excluding hydrogens is 460 g/mol. The molecule has 0 bridgehead atoms. The van der Waals surface area contributed by atoms with E-state index in [9.17, 15) is 14.4 Å². The highest BCUT2D eigenvalue weighted by Crippen LogP contribution is 2.18. The Morgan fingerprint density at radius 3 is 2.28 bits per heavy atom. The summed E-state index contributed by atoms with van der Waals surface area (Å²) in [6.45, 7) is 4.16. The van der Waals surface area contributed by atoms with E-state index in [0.717, 1.165) is 11.1 Å². The number of fused-ring (bicyclic) bond motifs is 1. The van der Waals surface area contributed by atoms with Gasteiger partial charge in [0, 0.05) is 23.6 Å². The first-order valence-electron chi connectivity index (χ1n) is 11.4. The third kappa shape index (κ3) is 6.47. The van der Waals surface area contributed by atoms with Crippen LogP contribution >= 0.6 is 0 Å². The summed E-state index contributed by atoms with van der Waals surface area (Å²) in [5.74, 6) is 0.283. The molecule has 0 saturated heterocycles. The minimum absolute atomic E-state index is 0.138. The molecule has 9 nitrogen and oxygen atoms in total. The number of hydrogen-bond donors (Lipinski definition) is 2. The Morgan fingerprint density at radius 1 is 0.944 bits per heavy atom. The molecule has 0 spiro atoms. The summed E-state index contributed by atoms with van der Waals surface area (Å²) in [4.78, 5) is 40.7. The van der Waals surface area contributed by atoms with Crippen LogP contribution in [0.1, 0.15) is 23.7 Å². The summed E-state index contributed by atoms with van der Waals surface area (Å²) in [6, 6.07) is 18.6. The molecule has 0 unspecified atom stereocenters. The number of anilines is 2. The van der Waals surface area contributed by atoms with Gasteiger partial charge in [-0.15, -0.1) is 0 Å². The number of rotatable bonds is 8. The Kier molecular flexibility index (Phi) is 7.60. The number of benzene rings is 2. The minimum atomic E-state index is -0.405. The van der Waals surface area contributed by atoms with E-state index in [0.29, 0.717) is 35.1 Å². The Labute approximate surface area is 207 Å². The second kappa shape index (κ2) is 11.2. The van der Waals surface area contributed by atoms with Crippen LogP contribution in [0.5, 0.6) is 5.75 Å². The molecule has 0 aliphatic heterocycles. The Bertz CT molecular complexity index is 1430. The molecule has 184 valence electrons. The zero-order valence-electron chi connectivity index (χ0n) is 20.0. The fourth-order valence-corrected chi connectivity index (χ4v) is 3.50. The van der Waals surface area contributed by atoms with Crippen molar-refractivity contribution in [3.8, 4) is 5.75 Å². The first-order valence-corrected chi connectivity index (χ1v) is 11.4. The summed E-state index contributed by atoms with van der Waals surface area (Å²) in [6.07, 6.45) is 1.93. The lowest BCUT2D eigenvalue weighted by atomic mass is 10.1. The Balaban J connectivity index is 1.29. The number of pyridine rings is 1. The lowest BCUT2D eigenvalue weighted by molar-refractivity contribution is -0.142. The fraction of sp³-hybridized carbons (Fsp3) is 0.185. The quantitative estimate of drug-likeness (QED) is 0.359. The highest BCUT2D eigenvalue weighted by Gasteiger charge is 2.07. The number of aryl methyl sites for hydroxylation is 1. The Morgan fingerprint density at radius 2 is 1.61 bits per heavy atom. The van der Waals surface area contributed by atoms with Gasteiger partial charge in [-0.05, 0) is 67.4 Å². The van der Waals surface area contributed by atoms with Gasteiger partial charge in [0.15, 0.2) is 0 Å². The average molecular weight is 487 g/mol. The zero-order valence-corrected chi connectivity index (χ0v) is 20.0. The molecule has 4 aromatic rings. The number of esters is 1. The van der Waals surface area contributed by atoms with E-state index in [2.05, 4.69) is 15.6 Å². The molecule has 0 radical (unpaired) electrons. The van der Waals surface area contributed by atoms with Crippen LogP contribution in [0.15, 0.2) is 77.7 Å². The van der Waals surface area contributed by atoms with Gasteiger partial charge in [-0.25, -0.2) is 9.78 Å². The first kappa shape index (κ1) is 24.5. The Hall–Kier alpha value is -4.66. The number of nitrogens with zero attached hydrogens (tertiary/aromatic N) is 2. The topological polar surface area (TPSA) is 111 Å². The van der Waals surface area contributed by atoms with Crippen molar-refractivity contribution in [2.24, 2.45) is 0 Å². The van der Waals surface area contributed by atoms with E-state index in [1.807, 2.05) is 13.0 Å². The second-order valence-corrected chi connectivity index (χ2v) is 8.09. The summed E-state index contributed by atoms with van der Waals surface area (Å²) < 4.78 is 12.2. The largest absolute Gasteiger partial charge is 0.487 e. The van der Waals surface area contributed by atoms with Crippen molar-refractivity contribution >= 4 is 29.0 Å². The molecule has 0 fully saturated rings. The average Bonchev–Trinajstić information content (AvgIpc) is 2.85. The number of amides is 2. The number of hydrogen-bond acceptors (Lipinski definition) is 6. The molecule has 2 aromatic heterocycles.